The fourth-order valence-electron chi connectivity index (χ4n) is 2.21. The lowest BCUT2D eigenvalue weighted by molar-refractivity contribution is 0.790. The minimum absolute atomic E-state index is 0.416. The Labute approximate surface area is 100 Å². The molecule has 1 fully saturated rings. The minimum Gasteiger partial charge on any atom is -0.0654 e. The highest BCUT2D eigenvalue weighted by molar-refractivity contribution is 5.36. The molecule has 87 valence electrons. The molecule has 1 aromatic rings. The Morgan fingerprint density at radius 1 is 1.31 bits per heavy atom. The van der Waals surface area contributed by atoms with Crippen LogP contribution >= 0.6 is 0 Å². The zero-order valence-corrected chi connectivity index (χ0v) is 10.6. The number of unbranched alkanes of at least 4 members (excludes halogenated alkanes) is 1. The van der Waals surface area contributed by atoms with E-state index >= 15 is 0 Å². The molecule has 0 saturated heterocycles. The summed E-state index contributed by atoms with van der Waals surface area (Å²) >= 11 is 0. The topological polar surface area (TPSA) is 0 Å². The lowest BCUT2D eigenvalue weighted by atomic mass is 9.94. The normalized spacial score (nSPS) is 15.8. The van der Waals surface area contributed by atoms with E-state index < -0.39 is 0 Å². The number of hydrogen-bond acceptors (Lipinski definition) is 0. The van der Waals surface area contributed by atoms with Gasteiger partial charge in [0.1, 0.15) is 0 Å². The van der Waals surface area contributed by atoms with E-state index in [1.165, 1.54) is 43.2 Å². The zero-order chi connectivity index (χ0) is 11.5. The Kier molecular flexibility index (Phi) is 3.68. The smallest absolute Gasteiger partial charge is 0.0161 e. The third kappa shape index (κ3) is 2.87. The van der Waals surface area contributed by atoms with E-state index in [0.717, 1.165) is 5.92 Å². The van der Waals surface area contributed by atoms with Crippen LogP contribution in [0, 0.1) is 6.92 Å². The maximum absolute atomic E-state index is 4.15. The quantitative estimate of drug-likeness (QED) is 0.659. The van der Waals surface area contributed by atoms with Crippen molar-refractivity contribution in [1.82, 2.24) is 0 Å². The molecule has 0 aromatic heterocycles. The molecule has 1 unspecified atom stereocenters. The highest BCUT2D eigenvalue weighted by Crippen LogP contribution is 2.41. The van der Waals surface area contributed by atoms with Gasteiger partial charge in [-0.2, -0.15) is 0 Å². The lowest BCUT2D eigenvalue weighted by Gasteiger charge is -2.11. The standard InChI is InChI=1S/C16H23/c1-4-5-6-13-9-15(12(2)3)11-16(10-13)14-7-8-14/h9-12,14H,2,4-8H2,1,3H3. The molecule has 1 aliphatic rings. The van der Waals surface area contributed by atoms with Gasteiger partial charge in [-0.1, -0.05) is 38.5 Å². The number of rotatable bonds is 5. The molecule has 0 heteroatoms. The third-order valence-corrected chi connectivity index (χ3v) is 3.47. The average molecular weight is 215 g/mol. The van der Waals surface area contributed by atoms with Crippen molar-refractivity contribution in [2.45, 2.75) is 57.8 Å². The first-order chi connectivity index (χ1) is 7.70. The molecule has 0 heterocycles. The zero-order valence-electron chi connectivity index (χ0n) is 10.6. The van der Waals surface area contributed by atoms with Crippen molar-refractivity contribution in [3.63, 3.8) is 0 Å². The van der Waals surface area contributed by atoms with Gasteiger partial charge in [-0.15, -0.1) is 0 Å². The molecule has 2 rings (SSSR count). The highest BCUT2D eigenvalue weighted by atomic mass is 14.3. The Bertz CT molecular complexity index is 325. The van der Waals surface area contributed by atoms with Crippen LogP contribution in [-0.4, -0.2) is 0 Å². The first-order valence-electron chi connectivity index (χ1n) is 6.67. The van der Waals surface area contributed by atoms with Crippen LogP contribution in [0.5, 0.6) is 0 Å². The van der Waals surface area contributed by atoms with Crippen molar-refractivity contribution in [3.05, 3.63) is 41.8 Å². The molecule has 0 spiro atoms. The van der Waals surface area contributed by atoms with E-state index in [4.69, 9.17) is 0 Å². The van der Waals surface area contributed by atoms with Crippen molar-refractivity contribution >= 4 is 0 Å². The summed E-state index contributed by atoms with van der Waals surface area (Å²) in [4.78, 5) is 0. The van der Waals surface area contributed by atoms with Crippen LogP contribution in [0.4, 0.5) is 0 Å². The van der Waals surface area contributed by atoms with Crippen molar-refractivity contribution in [1.29, 1.82) is 0 Å². The van der Waals surface area contributed by atoms with Crippen LogP contribution < -0.4 is 0 Å². The van der Waals surface area contributed by atoms with Crippen LogP contribution in [0.2, 0.25) is 0 Å². The second-order valence-corrected chi connectivity index (χ2v) is 5.29. The molecule has 1 saturated carbocycles. The summed E-state index contributed by atoms with van der Waals surface area (Å²) in [5.74, 6) is 1.28. The molecule has 1 aliphatic carbocycles. The number of aryl methyl sites for hydroxylation is 1. The summed E-state index contributed by atoms with van der Waals surface area (Å²) in [6.45, 7) is 8.60. The van der Waals surface area contributed by atoms with Crippen LogP contribution in [-0.2, 0) is 6.42 Å². The first-order valence-corrected chi connectivity index (χ1v) is 6.67. The van der Waals surface area contributed by atoms with E-state index in [-0.39, 0.29) is 0 Å². The van der Waals surface area contributed by atoms with Gasteiger partial charge >= 0.3 is 0 Å². The van der Waals surface area contributed by atoms with Gasteiger partial charge in [0.05, 0.1) is 0 Å². The van der Waals surface area contributed by atoms with E-state index in [9.17, 15) is 0 Å². The predicted molar refractivity (Wildman–Crippen MR) is 70.8 cm³/mol. The second kappa shape index (κ2) is 5.03. The maximum atomic E-state index is 4.15. The SMILES string of the molecule is [CH2]C(C)c1cc(CCCC)cc(C2CC2)c1. The summed E-state index contributed by atoms with van der Waals surface area (Å²) in [7, 11) is 0. The average Bonchev–Trinajstić information content (AvgIpc) is 3.09. The number of benzene rings is 1. The van der Waals surface area contributed by atoms with Crippen LogP contribution in [0.15, 0.2) is 18.2 Å². The molecule has 1 aromatic carbocycles. The maximum Gasteiger partial charge on any atom is -0.0161 e. The van der Waals surface area contributed by atoms with Gasteiger partial charge < -0.3 is 0 Å². The summed E-state index contributed by atoms with van der Waals surface area (Å²) in [6, 6.07) is 7.17. The summed E-state index contributed by atoms with van der Waals surface area (Å²) in [6.07, 6.45) is 6.60. The van der Waals surface area contributed by atoms with Crippen LogP contribution in [0.3, 0.4) is 0 Å². The predicted octanol–water partition coefficient (Wildman–Crippen LogP) is 4.84. The molecule has 1 atom stereocenters. The molecule has 0 N–H and O–H groups in total. The van der Waals surface area contributed by atoms with Crippen molar-refractivity contribution < 1.29 is 0 Å². The fourth-order valence-corrected chi connectivity index (χ4v) is 2.21. The Morgan fingerprint density at radius 3 is 2.62 bits per heavy atom. The fraction of sp³-hybridized carbons (Fsp3) is 0.562. The molecule has 0 amide bonds. The molecular weight excluding hydrogens is 192 g/mol. The van der Waals surface area contributed by atoms with Crippen molar-refractivity contribution in [2.24, 2.45) is 0 Å². The molecule has 16 heavy (non-hydrogen) atoms. The third-order valence-electron chi connectivity index (χ3n) is 3.47. The second-order valence-electron chi connectivity index (χ2n) is 5.29. The van der Waals surface area contributed by atoms with Gasteiger partial charge in [0.2, 0.25) is 0 Å². The molecule has 1 radical (unpaired) electrons. The Morgan fingerprint density at radius 2 is 2.06 bits per heavy atom. The lowest BCUT2D eigenvalue weighted by Crippen LogP contribution is -1.95. The van der Waals surface area contributed by atoms with E-state index in [1.54, 1.807) is 5.56 Å². The van der Waals surface area contributed by atoms with E-state index in [2.05, 4.69) is 39.0 Å². The first kappa shape index (κ1) is 11.7. The summed E-state index contributed by atoms with van der Waals surface area (Å²) in [5, 5.41) is 0. The Hall–Kier alpha value is -0.780. The number of hydrogen-bond donors (Lipinski definition) is 0. The van der Waals surface area contributed by atoms with Gasteiger partial charge in [-0.25, -0.2) is 0 Å². The molecular formula is C16H23. The van der Waals surface area contributed by atoms with Crippen molar-refractivity contribution in [3.8, 4) is 0 Å². The van der Waals surface area contributed by atoms with Crippen LogP contribution in [0.25, 0.3) is 0 Å². The molecule has 0 bridgehead atoms. The monoisotopic (exact) mass is 215 g/mol. The largest absolute Gasteiger partial charge is 0.0654 e. The van der Waals surface area contributed by atoms with E-state index in [0.29, 0.717) is 5.92 Å². The summed E-state index contributed by atoms with van der Waals surface area (Å²) in [5.41, 5.74) is 4.52. The summed E-state index contributed by atoms with van der Waals surface area (Å²) < 4.78 is 0. The molecule has 0 aliphatic heterocycles. The highest BCUT2D eigenvalue weighted by Gasteiger charge is 2.24. The Balaban J connectivity index is 2.21. The van der Waals surface area contributed by atoms with Gasteiger partial charge in [-0.3, -0.25) is 0 Å². The van der Waals surface area contributed by atoms with Gasteiger partial charge in [-0.05, 0) is 61.1 Å². The van der Waals surface area contributed by atoms with Crippen LogP contribution in [0.1, 0.15) is 68.1 Å². The van der Waals surface area contributed by atoms with E-state index in [1.807, 2.05) is 0 Å². The van der Waals surface area contributed by atoms with Crippen molar-refractivity contribution in [2.75, 3.05) is 0 Å². The van der Waals surface area contributed by atoms with Gasteiger partial charge in [0.25, 0.3) is 0 Å². The van der Waals surface area contributed by atoms with Gasteiger partial charge in [0.15, 0.2) is 0 Å². The minimum atomic E-state index is 0.416. The van der Waals surface area contributed by atoms with Gasteiger partial charge in [0, 0.05) is 0 Å². The molecule has 0 nitrogen and oxygen atoms in total.